The standard InChI is InChI=1S/C15H16N4O2/c16-15-13-14(10-3-1-2-4-11(10)17-15)19-9(7-20)8-21-6-5-12(19)18-13/h1-4,9,20H,5-8H2,(H2,16,17)/t9-/m0/s1. The van der Waals surface area contributed by atoms with Crippen LogP contribution in [-0.2, 0) is 11.2 Å². The van der Waals surface area contributed by atoms with Gasteiger partial charge in [0.25, 0.3) is 0 Å². The first kappa shape index (κ1) is 12.6. The number of nitrogen functional groups attached to an aromatic ring is 1. The molecule has 0 saturated carbocycles. The Bertz CT molecular complexity index is 827. The van der Waals surface area contributed by atoms with Crippen molar-refractivity contribution in [1.29, 1.82) is 0 Å². The van der Waals surface area contributed by atoms with Gasteiger partial charge in [-0.05, 0) is 6.07 Å². The normalized spacial score (nSPS) is 18.8. The van der Waals surface area contributed by atoms with Gasteiger partial charge in [-0.2, -0.15) is 0 Å². The molecule has 6 heteroatoms. The van der Waals surface area contributed by atoms with Gasteiger partial charge in [-0.1, -0.05) is 18.2 Å². The van der Waals surface area contributed by atoms with Crippen LogP contribution in [-0.4, -0.2) is 39.5 Å². The molecular weight excluding hydrogens is 268 g/mol. The van der Waals surface area contributed by atoms with Gasteiger partial charge in [0.2, 0.25) is 0 Å². The van der Waals surface area contributed by atoms with Crippen LogP contribution in [0.5, 0.6) is 0 Å². The van der Waals surface area contributed by atoms with Crippen molar-refractivity contribution in [3.8, 4) is 0 Å². The molecule has 3 aromatic rings. The van der Waals surface area contributed by atoms with E-state index in [1.54, 1.807) is 0 Å². The topological polar surface area (TPSA) is 86.2 Å². The zero-order valence-corrected chi connectivity index (χ0v) is 11.5. The Labute approximate surface area is 121 Å². The fraction of sp³-hybridized carbons (Fsp3) is 0.333. The van der Waals surface area contributed by atoms with E-state index in [4.69, 9.17) is 10.5 Å². The van der Waals surface area contributed by atoms with E-state index >= 15 is 0 Å². The summed E-state index contributed by atoms with van der Waals surface area (Å²) in [4.78, 5) is 9.08. The highest BCUT2D eigenvalue weighted by Crippen LogP contribution is 2.32. The molecule has 3 N–H and O–H groups in total. The summed E-state index contributed by atoms with van der Waals surface area (Å²) < 4.78 is 7.63. The van der Waals surface area contributed by atoms with Crippen molar-refractivity contribution in [2.75, 3.05) is 25.6 Å². The first-order valence-corrected chi connectivity index (χ1v) is 7.03. The highest BCUT2D eigenvalue weighted by Gasteiger charge is 2.24. The fourth-order valence-electron chi connectivity index (χ4n) is 3.03. The lowest BCUT2D eigenvalue weighted by Crippen LogP contribution is -2.18. The van der Waals surface area contributed by atoms with Gasteiger partial charge in [0.15, 0.2) is 5.82 Å². The predicted octanol–water partition coefficient (Wildman–Crippen LogP) is 1.27. The lowest BCUT2D eigenvalue weighted by Gasteiger charge is -2.17. The summed E-state index contributed by atoms with van der Waals surface area (Å²) >= 11 is 0. The SMILES string of the molecule is Nc1nc2ccccc2c2c1nc1n2[C@@H](CO)COCC1. The van der Waals surface area contributed by atoms with Crippen LogP contribution in [0.3, 0.4) is 0 Å². The van der Waals surface area contributed by atoms with Crippen molar-refractivity contribution in [2.24, 2.45) is 0 Å². The summed E-state index contributed by atoms with van der Waals surface area (Å²) in [6.45, 7) is 1.09. The van der Waals surface area contributed by atoms with E-state index in [1.807, 2.05) is 24.3 Å². The number of fused-ring (bicyclic) bond motifs is 5. The summed E-state index contributed by atoms with van der Waals surface area (Å²) in [7, 11) is 0. The third-order valence-corrected chi connectivity index (χ3v) is 3.98. The van der Waals surface area contributed by atoms with Crippen LogP contribution in [0.25, 0.3) is 21.9 Å². The van der Waals surface area contributed by atoms with Gasteiger partial charge >= 0.3 is 0 Å². The molecule has 21 heavy (non-hydrogen) atoms. The van der Waals surface area contributed by atoms with Gasteiger partial charge in [0, 0.05) is 11.8 Å². The molecule has 0 unspecified atom stereocenters. The van der Waals surface area contributed by atoms with E-state index in [0.717, 1.165) is 22.2 Å². The number of hydrogen-bond donors (Lipinski definition) is 2. The quantitative estimate of drug-likeness (QED) is 0.703. The summed E-state index contributed by atoms with van der Waals surface area (Å²) in [6, 6.07) is 7.72. The minimum Gasteiger partial charge on any atom is -0.394 e. The molecule has 0 fully saturated rings. The Morgan fingerprint density at radius 1 is 1.33 bits per heavy atom. The van der Waals surface area contributed by atoms with E-state index < -0.39 is 0 Å². The minimum atomic E-state index is -0.141. The van der Waals surface area contributed by atoms with Gasteiger partial charge in [-0.3, -0.25) is 0 Å². The molecule has 0 aliphatic carbocycles. The Morgan fingerprint density at radius 3 is 3.05 bits per heavy atom. The molecule has 0 bridgehead atoms. The maximum Gasteiger partial charge on any atom is 0.152 e. The second-order valence-corrected chi connectivity index (χ2v) is 5.27. The molecule has 4 rings (SSSR count). The molecule has 3 heterocycles. The fourth-order valence-corrected chi connectivity index (χ4v) is 3.03. The number of anilines is 1. The van der Waals surface area contributed by atoms with Gasteiger partial charge in [-0.15, -0.1) is 0 Å². The number of imidazole rings is 1. The van der Waals surface area contributed by atoms with Crippen LogP contribution < -0.4 is 5.73 Å². The number of benzene rings is 1. The molecule has 1 atom stereocenters. The van der Waals surface area contributed by atoms with Gasteiger partial charge in [0.05, 0.1) is 36.9 Å². The molecule has 108 valence electrons. The summed E-state index contributed by atoms with van der Waals surface area (Å²) in [5.41, 5.74) is 8.57. The lowest BCUT2D eigenvalue weighted by atomic mass is 10.1. The van der Waals surface area contributed by atoms with Gasteiger partial charge in [0.1, 0.15) is 11.3 Å². The minimum absolute atomic E-state index is 0.00894. The number of ether oxygens (including phenoxy) is 1. The molecule has 0 spiro atoms. The smallest absolute Gasteiger partial charge is 0.152 e. The van der Waals surface area contributed by atoms with E-state index in [1.165, 1.54) is 0 Å². The van der Waals surface area contributed by atoms with Crippen LogP contribution in [0.1, 0.15) is 11.9 Å². The van der Waals surface area contributed by atoms with Crippen molar-refractivity contribution in [1.82, 2.24) is 14.5 Å². The molecule has 0 radical (unpaired) electrons. The Hall–Kier alpha value is -2.18. The number of rotatable bonds is 1. The molecule has 6 nitrogen and oxygen atoms in total. The lowest BCUT2D eigenvalue weighted by molar-refractivity contribution is 0.0930. The van der Waals surface area contributed by atoms with Crippen LogP contribution in [0, 0.1) is 0 Å². The third-order valence-electron chi connectivity index (χ3n) is 3.98. The molecule has 1 aliphatic heterocycles. The number of pyridine rings is 1. The zero-order valence-electron chi connectivity index (χ0n) is 11.5. The highest BCUT2D eigenvalue weighted by molar-refractivity contribution is 6.06. The average molecular weight is 284 g/mol. The summed E-state index contributed by atoms with van der Waals surface area (Å²) in [5, 5.41) is 10.7. The van der Waals surface area contributed by atoms with Gasteiger partial charge in [-0.25, -0.2) is 9.97 Å². The third kappa shape index (κ3) is 1.80. The summed E-state index contributed by atoms with van der Waals surface area (Å²) in [6.07, 6.45) is 0.707. The number of aliphatic hydroxyl groups excluding tert-OH is 1. The van der Waals surface area contributed by atoms with Crippen molar-refractivity contribution in [3.05, 3.63) is 30.1 Å². The maximum atomic E-state index is 9.71. The first-order chi connectivity index (χ1) is 10.3. The second-order valence-electron chi connectivity index (χ2n) is 5.27. The Morgan fingerprint density at radius 2 is 2.19 bits per heavy atom. The Balaban J connectivity index is 2.16. The number of hydrogen-bond acceptors (Lipinski definition) is 5. The van der Waals surface area contributed by atoms with Crippen LogP contribution in [0.15, 0.2) is 24.3 Å². The molecule has 0 saturated heterocycles. The second kappa shape index (κ2) is 4.68. The number of nitrogens with two attached hydrogens (primary N) is 1. The van der Waals surface area contributed by atoms with Crippen molar-refractivity contribution < 1.29 is 9.84 Å². The molecule has 0 amide bonds. The van der Waals surface area contributed by atoms with Crippen LogP contribution in [0.2, 0.25) is 0 Å². The molecule has 1 aliphatic rings. The van der Waals surface area contributed by atoms with E-state index in [2.05, 4.69) is 14.5 Å². The van der Waals surface area contributed by atoms with E-state index in [-0.39, 0.29) is 12.6 Å². The van der Waals surface area contributed by atoms with Crippen molar-refractivity contribution in [3.63, 3.8) is 0 Å². The van der Waals surface area contributed by atoms with Crippen molar-refractivity contribution >= 4 is 27.8 Å². The number of nitrogens with zero attached hydrogens (tertiary/aromatic N) is 3. The predicted molar refractivity (Wildman–Crippen MR) is 80.1 cm³/mol. The van der Waals surface area contributed by atoms with E-state index in [0.29, 0.717) is 31.0 Å². The molecular formula is C15H16N4O2. The molecule has 1 aromatic carbocycles. The van der Waals surface area contributed by atoms with Crippen LogP contribution in [0.4, 0.5) is 5.82 Å². The molecule has 2 aromatic heterocycles. The Kier molecular flexibility index (Phi) is 2.80. The largest absolute Gasteiger partial charge is 0.394 e. The number of aromatic nitrogens is 3. The number of aliphatic hydroxyl groups is 1. The summed E-state index contributed by atoms with van der Waals surface area (Å²) in [5.74, 6) is 1.33. The number of para-hydroxylation sites is 1. The first-order valence-electron chi connectivity index (χ1n) is 7.03. The van der Waals surface area contributed by atoms with Crippen LogP contribution >= 0.6 is 0 Å². The average Bonchev–Trinajstić information content (AvgIpc) is 2.77. The monoisotopic (exact) mass is 284 g/mol. The van der Waals surface area contributed by atoms with Crippen molar-refractivity contribution in [2.45, 2.75) is 12.5 Å². The maximum absolute atomic E-state index is 9.71. The van der Waals surface area contributed by atoms with Gasteiger partial charge < -0.3 is 20.1 Å². The zero-order chi connectivity index (χ0) is 14.4. The van der Waals surface area contributed by atoms with E-state index in [9.17, 15) is 5.11 Å². The highest BCUT2D eigenvalue weighted by atomic mass is 16.5.